The molecule has 0 atom stereocenters. The molecule has 0 N–H and O–H groups in total. The average Bonchev–Trinajstić information content (AvgIpc) is 2.55. The minimum Gasteiger partial charge on any atom is -0.354 e. The van der Waals surface area contributed by atoms with Crippen LogP contribution in [-0.4, -0.2) is 41.0 Å². The zero-order chi connectivity index (χ0) is 17.1. The highest BCUT2D eigenvalue weighted by Crippen LogP contribution is 2.20. The number of hydrogen-bond acceptors (Lipinski definition) is 4. The number of nitrogens with zero attached hydrogens (tertiary/aromatic N) is 4. The van der Waals surface area contributed by atoms with Crippen LogP contribution in [0.2, 0.25) is 5.02 Å². The van der Waals surface area contributed by atoms with Gasteiger partial charge in [0.25, 0.3) is 0 Å². The van der Waals surface area contributed by atoms with Crippen molar-refractivity contribution in [3.05, 3.63) is 52.4 Å². The van der Waals surface area contributed by atoms with Crippen molar-refractivity contribution in [1.29, 1.82) is 0 Å². The first-order valence-corrected chi connectivity index (χ1v) is 8.96. The van der Waals surface area contributed by atoms with Gasteiger partial charge in [0, 0.05) is 55.4 Å². The Balaban J connectivity index is 1.63. The quantitative estimate of drug-likeness (QED) is 0.842. The molecule has 1 aliphatic rings. The fourth-order valence-corrected chi connectivity index (χ4v) is 3.24. The number of halogens is 1. The number of aromatic nitrogens is 2. The number of anilines is 1. The van der Waals surface area contributed by atoms with Crippen molar-refractivity contribution in [3.63, 3.8) is 0 Å². The molecule has 24 heavy (non-hydrogen) atoms. The molecule has 0 unspecified atom stereocenters. The van der Waals surface area contributed by atoms with Gasteiger partial charge >= 0.3 is 0 Å². The van der Waals surface area contributed by atoms with E-state index in [0.717, 1.165) is 55.1 Å². The lowest BCUT2D eigenvalue weighted by atomic mass is 10.2. The van der Waals surface area contributed by atoms with Crippen LogP contribution in [-0.2, 0) is 6.54 Å². The van der Waals surface area contributed by atoms with Crippen LogP contribution in [0.5, 0.6) is 0 Å². The Morgan fingerprint density at radius 3 is 2.50 bits per heavy atom. The number of benzene rings is 1. The van der Waals surface area contributed by atoms with E-state index in [2.05, 4.69) is 46.8 Å². The lowest BCUT2D eigenvalue weighted by molar-refractivity contribution is 0.249. The number of piperazine rings is 1. The molecule has 0 saturated carbocycles. The first-order chi connectivity index (χ1) is 11.5. The maximum atomic E-state index is 6.08. The van der Waals surface area contributed by atoms with Gasteiger partial charge < -0.3 is 4.90 Å². The summed E-state index contributed by atoms with van der Waals surface area (Å²) in [6, 6.07) is 10.2. The van der Waals surface area contributed by atoms with E-state index < -0.39 is 0 Å². The summed E-state index contributed by atoms with van der Waals surface area (Å²) in [6.45, 7) is 11.3. The monoisotopic (exact) mass is 344 g/mol. The Hall–Kier alpha value is -1.65. The zero-order valence-electron chi connectivity index (χ0n) is 14.7. The SMILES string of the molecule is Cc1cc(N2CCN(Cc3cccc(Cl)c3)CC2)nc(C(C)C)n1. The summed E-state index contributed by atoms with van der Waals surface area (Å²) in [4.78, 5) is 14.1. The van der Waals surface area contributed by atoms with Crippen molar-refractivity contribution in [2.24, 2.45) is 0 Å². The van der Waals surface area contributed by atoms with Crippen LogP contribution in [0.3, 0.4) is 0 Å². The standard InChI is InChI=1S/C19H25ClN4/c1-14(2)19-21-15(3)11-18(22-19)24-9-7-23(8-10-24)13-16-5-4-6-17(20)12-16/h4-6,11-12,14H,7-10,13H2,1-3H3. The Morgan fingerprint density at radius 1 is 1.08 bits per heavy atom. The molecule has 0 radical (unpaired) electrons. The summed E-state index contributed by atoms with van der Waals surface area (Å²) >= 11 is 6.08. The third-order valence-electron chi connectivity index (χ3n) is 4.37. The van der Waals surface area contributed by atoms with Crippen molar-refractivity contribution >= 4 is 17.4 Å². The average molecular weight is 345 g/mol. The molecule has 0 spiro atoms. The predicted molar refractivity (Wildman–Crippen MR) is 99.8 cm³/mol. The summed E-state index contributed by atoms with van der Waals surface area (Å²) < 4.78 is 0. The van der Waals surface area contributed by atoms with Crippen LogP contribution in [0.1, 0.15) is 36.8 Å². The molecule has 0 bridgehead atoms. The van der Waals surface area contributed by atoms with Crippen LogP contribution in [0.25, 0.3) is 0 Å². The van der Waals surface area contributed by atoms with Crippen molar-refractivity contribution < 1.29 is 0 Å². The first-order valence-electron chi connectivity index (χ1n) is 8.58. The van der Waals surface area contributed by atoms with E-state index >= 15 is 0 Å². The smallest absolute Gasteiger partial charge is 0.133 e. The lowest BCUT2D eigenvalue weighted by Gasteiger charge is -2.35. The van der Waals surface area contributed by atoms with Gasteiger partial charge in [0.15, 0.2) is 0 Å². The van der Waals surface area contributed by atoms with E-state index in [9.17, 15) is 0 Å². The van der Waals surface area contributed by atoms with Gasteiger partial charge in [-0.3, -0.25) is 4.90 Å². The predicted octanol–water partition coefficient (Wildman–Crippen LogP) is 3.88. The molecule has 128 valence electrons. The maximum absolute atomic E-state index is 6.08. The molecule has 3 rings (SSSR count). The first kappa shape index (κ1) is 17.2. The summed E-state index contributed by atoms with van der Waals surface area (Å²) in [6.07, 6.45) is 0. The van der Waals surface area contributed by atoms with Gasteiger partial charge in [0.05, 0.1) is 0 Å². The fourth-order valence-electron chi connectivity index (χ4n) is 3.02. The largest absolute Gasteiger partial charge is 0.354 e. The van der Waals surface area contributed by atoms with Crippen LogP contribution in [0.4, 0.5) is 5.82 Å². The van der Waals surface area contributed by atoms with Crippen molar-refractivity contribution in [3.8, 4) is 0 Å². The maximum Gasteiger partial charge on any atom is 0.133 e. The molecule has 1 fully saturated rings. The molecular weight excluding hydrogens is 320 g/mol. The van der Waals surface area contributed by atoms with Crippen LogP contribution in [0, 0.1) is 6.92 Å². The molecule has 2 heterocycles. The van der Waals surface area contributed by atoms with Crippen molar-refractivity contribution in [2.75, 3.05) is 31.1 Å². The zero-order valence-corrected chi connectivity index (χ0v) is 15.4. The van der Waals surface area contributed by atoms with Crippen LogP contribution in [0.15, 0.2) is 30.3 Å². The molecular formula is C19H25ClN4. The third kappa shape index (κ3) is 4.25. The minimum atomic E-state index is 0.354. The van der Waals surface area contributed by atoms with Gasteiger partial charge in [-0.15, -0.1) is 0 Å². The van der Waals surface area contributed by atoms with Gasteiger partial charge in [-0.05, 0) is 24.6 Å². The summed E-state index contributed by atoms with van der Waals surface area (Å²) in [5.74, 6) is 2.35. The second kappa shape index (κ2) is 7.49. The van der Waals surface area contributed by atoms with Crippen LogP contribution >= 0.6 is 11.6 Å². The molecule has 4 nitrogen and oxygen atoms in total. The number of aryl methyl sites for hydroxylation is 1. The molecule has 2 aromatic rings. The molecule has 5 heteroatoms. The molecule has 1 saturated heterocycles. The van der Waals surface area contributed by atoms with E-state index in [0.29, 0.717) is 5.92 Å². The Morgan fingerprint density at radius 2 is 1.83 bits per heavy atom. The normalized spacial score (nSPS) is 16.0. The number of hydrogen-bond donors (Lipinski definition) is 0. The van der Waals surface area contributed by atoms with Gasteiger partial charge in [-0.2, -0.15) is 0 Å². The minimum absolute atomic E-state index is 0.354. The van der Waals surface area contributed by atoms with E-state index in [1.807, 2.05) is 19.1 Å². The summed E-state index contributed by atoms with van der Waals surface area (Å²) in [7, 11) is 0. The number of rotatable bonds is 4. The lowest BCUT2D eigenvalue weighted by Crippen LogP contribution is -2.46. The van der Waals surface area contributed by atoms with E-state index in [1.54, 1.807) is 0 Å². The summed E-state index contributed by atoms with van der Waals surface area (Å²) in [5, 5.41) is 0.809. The second-order valence-corrected chi connectivity index (χ2v) is 7.21. The molecule has 1 aromatic carbocycles. The van der Waals surface area contributed by atoms with Crippen LogP contribution < -0.4 is 4.90 Å². The highest BCUT2D eigenvalue weighted by molar-refractivity contribution is 6.30. The van der Waals surface area contributed by atoms with Gasteiger partial charge in [0.2, 0.25) is 0 Å². The Labute approximate surface area is 149 Å². The highest BCUT2D eigenvalue weighted by Gasteiger charge is 2.19. The van der Waals surface area contributed by atoms with Gasteiger partial charge in [0.1, 0.15) is 11.6 Å². The van der Waals surface area contributed by atoms with Gasteiger partial charge in [-0.25, -0.2) is 9.97 Å². The molecule has 1 aliphatic heterocycles. The fraction of sp³-hybridized carbons (Fsp3) is 0.474. The van der Waals surface area contributed by atoms with E-state index in [-0.39, 0.29) is 0 Å². The second-order valence-electron chi connectivity index (χ2n) is 6.77. The Bertz CT molecular complexity index is 694. The van der Waals surface area contributed by atoms with E-state index in [1.165, 1.54) is 5.56 Å². The summed E-state index contributed by atoms with van der Waals surface area (Å²) in [5.41, 5.74) is 2.32. The van der Waals surface area contributed by atoms with Gasteiger partial charge in [-0.1, -0.05) is 37.6 Å². The molecule has 0 aliphatic carbocycles. The third-order valence-corrected chi connectivity index (χ3v) is 4.60. The Kier molecular flexibility index (Phi) is 5.36. The van der Waals surface area contributed by atoms with E-state index in [4.69, 9.17) is 16.6 Å². The molecule has 0 amide bonds. The molecule has 1 aromatic heterocycles. The van der Waals surface area contributed by atoms with Crippen molar-refractivity contribution in [2.45, 2.75) is 33.2 Å². The van der Waals surface area contributed by atoms with Crippen molar-refractivity contribution in [1.82, 2.24) is 14.9 Å². The topological polar surface area (TPSA) is 32.3 Å². The highest BCUT2D eigenvalue weighted by atomic mass is 35.5.